The monoisotopic (exact) mass is 459 g/mol. The van der Waals surface area contributed by atoms with E-state index in [0.29, 0.717) is 29.7 Å². The summed E-state index contributed by atoms with van der Waals surface area (Å²) in [7, 11) is 0. The average Bonchev–Trinajstić information content (AvgIpc) is 3.33. The second kappa shape index (κ2) is 7.54. The van der Waals surface area contributed by atoms with Crippen LogP contribution >= 0.6 is 23.3 Å². The van der Waals surface area contributed by atoms with Crippen molar-refractivity contribution in [2.45, 2.75) is 24.9 Å². The minimum atomic E-state index is -0.676. The average molecular weight is 460 g/mol. The molecule has 3 heterocycles. The molecular formula is C20H15ClFN5O3S. The highest BCUT2D eigenvalue weighted by Crippen LogP contribution is 2.34. The van der Waals surface area contributed by atoms with E-state index < -0.39 is 23.8 Å². The molecule has 0 radical (unpaired) electrons. The lowest BCUT2D eigenvalue weighted by Crippen LogP contribution is -2.49. The van der Waals surface area contributed by atoms with Crippen molar-refractivity contribution < 1.29 is 18.8 Å². The topological polar surface area (TPSA) is 95.5 Å². The van der Waals surface area contributed by atoms with Gasteiger partial charge in [0, 0.05) is 18.2 Å². The van der Waals surface area contributed by atoms with Crippen molar-refractivity contribution in [3.63, 3.8) is 0 Å². The highest BCUT2D eigenvalue weighted by atomic mass is 35.5. The van der Waals surface area contributed by atoms with Crippen molar-refractivity contribution >= 4 is 57.9 Å². The molecule has 158 valence electrons. The lowest BCUT2D eigenvalue weighted by molar-refractivity contribution is -0.120. The summed E-state index contributed by atoms with van der Waals surface area (Å²) in [5.41, 5.74) is 1.77. The summed E-state index contributed by atoms with van der Waals surface area (Å²) in [4.78, 5) is 41.3. The first-order valence-electron chi connectivity index (χ1n) is 9.56. The summed E-state index contributed by atoms with van der Waals surface area (Å²) in [6.07, 6.45) is 0.777. The predicted octanol–water partition coefficient (Wildman–Crippen LogP) is 3.21. The Bertz CT molecular complexity index is 1230. The number of hydrogen-bond acceptors (Lipinski definition) is 6. The number of nitrogens with one attached hydrogen (secondary N) is 1. The van der Waals surface area contributed by atoms with Crippen molar-refractivity contribution in [2.24, 2.45) is 0 Å². The fourth-order valence-electron chi connectivity index (χ4n) is 4.03. The second-order valence-corrected chi connectivity index (χ2v) is 8.33. The largest absolute Gasteiger partial charge is 0.349 e. The maximum atomic E-state index is 13.3. The quantitative estimate of drug-likeness (QED) is 0.607. The van der Waals surface area contributed by atoms with Gasteiger partial charge in [0.2, 0.25) is 0 Å². The van der Waals surface area contributed by atoms with Crippen molar-refractivity contribution in [2.75, 3.05) is 11.4 Å². The van der Waals surface area contributed by atoms with Gasteiger partial charge >= 0.3 is 6.03 Å². The van der Waals surface area contributed by atoms with E-state index in [0.717, 1.165) is 22.7 Å². The normalized spacial score (nSPS) is 21.0. The third-order valence-corrected chi connectivity index (χ3v) is 6.40. The van der Waals surface area contributed by atoms with E-state index in [1.165, 1.54) is 17.0 Å². The Hall–Kier alpha value is -3.11. The van der Waals surface area contributed by atoms with Crippen LogP contribution in [-0.2, 0) is 4.79 Å². The zero-order chi connectivity index (χ0) is 21.7. The fraction of sp³-hybridized carbons (Fsp3) is 0.250. The standard InChI is InChI=1S/C20H15ClFN5O3S/c21-12-8-10(4-5-13(12)22)18(28)23-11-6-7-26-16(9-11)19(29)27(20(26)30)15-3-1-2-14-17(15)25-31-24-14/h1-5,8,11,16H,6-7,9H2,(H,23,28). The molecule has 4 amide bonds. The number of urea groups is 1. The van der Waals surface area contributed by atoms with Crippen LogP contribution in [0.25, 0.3) is 11.0 Å². The second-order valence-electron chi connectivity index (χ2n) is 7.40. The molecule has 8 nitrogen and oxygen atoms in total. The van der Waals surface area contributed by atoms with E-state index in [1.54, 1.807) is 18.2 Å². The Kier molecular flexibility index (Phi) is 4.82. The number of imide groups is 1. The maximum Gasteiger partial charge on any atom is 0.332 e. The molecule has 2 unspecified atom stereocenters. The molecule has 5 rings (SSSR count). The van der Waals surface area contributed by atoms with E-state index >= 15 is 0 Å². The van der Waals surface area contributed by atoms with Gasteiger partial charge in [0.25, 0.3) is 11.8 Å². The zero-order valence-corrected chi connectivity index (χ0v) is 17.5. The third-order valence-electron chi connectivity index (χ3n) is 5.57. The Labute approximate surface area is 184 Å². The summed E-state index contributed by atoms with van der Waals surface area (Å²) in [6.45, 7) is 0.326. The Balaban J connectivity index is 1.35. The van der Waals surface area contributed by atoms with Crippen LogP contribution in [0.3, 0.4) is 0 Å². The van der Waals surface area contributed by atoms with Gasteiger partial charge in [-0.2, -0.15) is 8.75 Å². The first-order chi connectivity index (χ1) is 14.9. The lowest BCUT2D eigenvalue weighted by Gasteiger charge is -2.32. The minimum absolute atomic E-state index is 0.139. The number of carbonyl (C=O) groups is 3. The molecule has 2 saturated heterocycles. The first-order valence-corrected chi connectivity index (χ1v) is 10.7. The zero-order valence-electron chi connectivity index (χ0n) is 15.9. The molecule has 2 aliphatic heterocycles. The third kappa shape index (κ3) is 3.31. The number of rotatable bonds is 3. The van der Waals surface area contributed by atoms with E-state index in [4.69, 9.17) is 11.6 Å². The number of fused-ring (bicyclic) bond motifs is 2. The summed E-state index contributed by atoms with van der Waals surface area (Å²) in [5.74, 6) is -1.37. The number of amides is 4. The fourth-order valence-corrected chi connectivity index (χ4v) is 4.76. The van der Waals surface area contributed by atoms with Crippen LogP contribution in [0.4, 0.5) is 14.9 Å². The summed E-state index contributed by atoms with van der Waals surface area (Å²) >= 11 is 6.78. The predicted molar refractivity (Wildman–Crippen MR) is 113 cm³/mol. The van der Waals surface area contributed by atoms with E-state index in [2.05, 4.69) is 14.1 Å². The molecule has 0 aliphatic carbocycles. The summed E-state index contributed by atoms with van der Waals surface area (Å²) in [6, 6.07) is 7.53. The number of piperidine rings is 1. The minimum Gasteiger partial charge on any atom is -0.349 e. The molecule has 0 spiro atoms. The number of benzene rings is 2. The summed E-state index contributed by atoms with van der Waals surface area (Å²) < 4.78 is 21.7. The Morgan fingerprint density at radius 1 is 1.23 bits per heavy atom. The van der Waals surface area contributed by atoms with Gasteiger partial charge in [0.1, 0.15) is 22.9 Å². The molecule has 11 heteroatoms. The van der Waals surface area contributed by atoms with Crippen LogP contribution in [0.2, 0.25) is 5.02 Å². The van der Waals surface area contributed by atoms with Crippen molar-refractivity contribution in [3.8, 4) is 0 Å². The van der Waals surface area contributed by atoms with Crippen molar-refractivity contribution in [3.05, 3.63) is 52.8 Å². The molecule has 0 bridgehead atoms. The molecule has 1 N–H and O–H groups in total. The molecule has 2 aliphatic rings. The molecular weight excluding hydrogens is 445 g/mol. The number of carbonyl (C=O) groups excluding carboxylic acids is 3. The number of nitrogens with zero attached hydrogens (tertiary/aromatic N) is 4. The van der Waals surface area contributed by atoms with Crippen molar-refractivity contribution in [1.82, 2.24) is 19.0 Å². The van der Waals surface area contributed by atoms with E-state index in [-0.39, 0.29) is 29.0 Å². The van der Waals surface area contributed by atoms with Crippen LogP contribution in [0.15, 0.2) is 36.4 Å². The van der Waals surface area contributed by atoms with E-state index in [1.807, 2.05) is 0 Å². The smallest absolute Gasteiger partial charge is 0.332 e. The highest BCUT2D eigenvalue weighted by molar-refractivity contribution is 7.00. The molecule has 2 atom stereocenters. The van der Waals surface area contributed by atoms with Gasteiger partial charge < -0.3 is 10.2 Å². The van der Waals surface area contributed by atoms with Crippen LogP contribution in [0, 0.1) is 5.82 Å². The highest BCUT2D eigenvalue weighted by Gasteiger charge is 2.49. The maximum absolute atomic E-state index is 13.3. The van der Waals surface area contributed by atoms with Crippen LogP contribution in [0.5, 0.6) is 0 Å². The molecule has 3 aromatic rings. The van der Waals surface area contributed by atoms with Crippen LogP contribution < -0.4 is 10.2 Å². The van der Waals surface area contributed by atoms with Gasteiger partial charge in [-0.15, -0.1) is 0 Å². The van der Waals surface area contributed by atoms with Gasteiger partial charge in [-0.05, 0) is 43.2 Å². The van der Waals surface area contributed by atoms with Gasteiger partial charge in [0.05, 0.1) is 22.4 Å². The SMILES string of the molecule is O=C(NC1CCN2C(=O)N(c3cccc4nsnc34)C(=O)C2C1)c1ccc(F)c(Cl)c1. The first kappa shape index (κ1) is 19.8. The van der Waals surface area contributed by atoms with Gasteiger partial charge in [-0.25, -0.2) is 14.1 Å². The Morgan fingerprint density at radius 2 is 2.06 bits per heavy atom. The molecule has 0 saturated carbocycles. The van der Waals surface area contributed by atoms with Gasteiger partial charge in [-0.3, -0.25) is 9.59 Å². The summed E-state index contributed by atoms with van der Waals surface area (Å²) in [5, 5.41) is 2.72. The number of aromatic nitrogens is 2. The molecule has 31 heavy (non-hydrogen) atoms. The number of anilines is 1. The van der Waals surface area contributed by atoms with Crippen LogP contribution in [-0.4, -0.2) is 50.1 Å². The van der Waals surface area contributed by atoms with Gasteiger partial charge in [0.15, 0.2) is 0 Å². The van der Waals surface area contributed by atoms with Gasteiger partial charge in [-0.1, -0.05) is 17.7 Å². The molecule has 2 aromatic carbocycles. The lowest BCUT2D eigenvalue weighted by atomic mass is 9.97. The number of halogens is 2. The Morgan fingerprint density at radius 3 is 2.87 bits per heavy atom. The van der Waals surface area contributed by atoms with Crippen LogP contribution in [0.1, 0.15) is 23.2 Å². The van der Waals surface area contributed by atoms with E-state index in [9.17, 15) is 18.8 Å². The van der Waals surface area contributed by atoms with Crippen molar-refractivity contribution in [1.29, 1.82) is 0 Å². The number of hydrogen-bond donors (Lipinski definition) is 1. The molecule has 1 aromatic heterocycles. The molecule has 2 fully saturated rings.